The second-order valence-electron chi connectivity index (χ2n) is 6.09. The molecule has 1 aliphatic rings. The second-order valence-corrected chi connectivity index (χ2v) is 6.09. The number of carbonyl (C=O) groups excluding carboxylic acids is 1. The van der Waals surface area contributed by atoms with Crippen LogP contribution in [0.25, 0.3) is 0 Å². The predicted octanol–water partition coefficient (Wildman–Crippen LogP) is 2.72. The fourth-order valence-electron chi connectivity index (χ4n) is 3.27. The minimum atomic E-state index is -1.34. The normalized spacial score (nSPS) is 25.8. The topological polar surface area (TPSA) is 40.5 Å². The summed E-state index contributed by atoms with van der Waals surface area (Å²) in [6.07, 6.45) is 0.455. The molecule has 2 atom stereocenters. The average molecular weight is 295 g/mol. The van der Waals surface area contributed by atoms with Crippen LogP contribution in [0.15, 0.2) is 60.7 Å². The van der Waals surface area contributed by atoms with Gasteiger partial charge in [0.2, 0.25) is 0 Å². The molecule has 3 rings (SSSR count). The summed E-state index contributed by atoms with van der Waals surface area (Å²) in [5.41, 5.74) is 0.256. The molecule has 22 heavy (non-hydrogen) atoms. The SMILES string of the molecule is CN1CCC(O)(C(=O)c2ccccc2)C(c2ccccc2)C1. The van der Waals surface area contributed by atoms with Gasteiger partial charge in [-0.15, -0.1) is 0 Å². The summed E-state index contributed by atoms with van der Waals surface area (Å²) in [6.45, 7) is 1.40. The van der Waals surface area contributed by atoms with E-state index in [2.05, 4.69) is 4.90 Å². The predicted molar refractivity (Wildman–Crippen MR) is 87.0 cm³/mol. The molecule has 1 saturated heterocycles. The Morgan fingerprint density at radius 2 is 1.68 bits per heavy atom. The van der Waals surface area contributed by atoms with Crippen molar-refractivity contribution in [2.45, 2.75) is 17.9 Å². The monoisotopic (exact) mass is 295 g/mol. The van der Waals surface area contributed by atoms with Crippen LogP contribution in [0.2, 0.25) is 0 Å². The number of likely N-dealkylation sites (tertiary alicyclic amines) is 1. The quantitative estimate of drug-likeness (QED) is 0.885. The molecule has 2 aromatic rings. The number of hydrogen-bond donors (Lipinski definition) is 1. The molecule has 0 aromatic heterocycles. The van der Waals surface area contributed by atoms with Crippen LogP contribution in [-0.2, 0) is 0 Å². The number of aliphatic hydroxyl groups is 1. The number of ketones is 1. The van der Waals surface area contributed by atoms with Gasteiger partial charge in [-0.05, 0) is 19.0 Å². The van der Waals surface area contributed by atoms with Crippen molar-refractivity contribution in [3.8, 4) is 0 Å². The molecule has 1 heterocycles. The smallest absolute Gasteiger partial charge is 0.195 e. The summed E-state index contributed by atoms with van der Waals surface area (Å²) in [5, 5.41) is 11.2. The lowest BCUT2D eigenvalue weighted by molar-refractivity contribution is -0.0176. The lowest BCUT2D eigenvalue weighted by atomic mass is 9.73. The first-order valence-corrected chi connectivity index (χ1v) is 7.67. The Balaban J connectivity index is 1.99. The second kappa shape index (κ2) is 6.03. The number of carbonyl (C=O) groups is 1. The molecule has 0 bridgehead atoms. The molecule has 114 valence electrons. The third-order valence-electron chi connectivity index (χ3n) is 4.58. The van der Waals surface area contributed by atoms with Gasteiger partial charge in [-0.1, -0.05) is 60.7 Å². The van der Waals surface area contributed by atoms with Crippen LogP contribution < -0.4 is 0 Å². The van der Waals surface area contributed by atoms with Crippen molar-refractivity contribution in [3.63, 3.8) is 0 Å². The summed E-state index contributed by atoms with van der Waals surface area (Å²) in [7, 11) is 2.03. The molecule has 0 saturated carbocycles. The van der Waals surface area contributed by atoms with Gasteiger partial charge in [0, 0.05) is 24.6 Å². The zero-order chi connectivity index (χ0) is 15.6. The summed E-state index contributed by atoms with van der Waals surface area (Å²) >= 11 is 0. The first kappa shape index (κ1) is 14.9. The largest absolute Gasteiger partial charge is 0.381 e. The molecule has 2 aromatic carbocycles. The van der Waals surface area contributed by atoms with Gasteiger partial charge in [-0.2, -0.15) is 0 Å². The van der Waals surface area contributed by atoms with Crippen LogP contribution in [-0.4, -0.2) is 41.5 Å². The van der Waals surface area contributed by atoms with E-state index in [0.717, 1.165) is 12.1 Å². The number of nitrogens with zero attached hydrogens (tertiary/aromatic N) is 1. The van der Waals surface area contributed by atoms with E-state index in [1.165, 1.54) is 0 Å². The Kier molecular flexibility index (Phi) is 4.10. The maximum atomic E-state index is 12.9. The first-order chi connectivity index (χ1) is 10.6. The molecular formula is C19H21NO2. The zero-order valence-corrected chi connectivity index (χ0v) is 12.8. The molecule has 1 fully saturated rings. The van der Waals surface area contributed by atoms with E-state index in [0.29, 0.717) is 18.5 Å². The summed E-state index contributed by atoms with van der Waals surface area (Å²) in [4.78, 5) is 15.1. The molecule has 0 spiro atoms. The Morgan fingerprint density at radius 3 is 2.32 bits per heavy atom. The van der Waals surface area contributed by atoms with Crippen molar-refractivity contribution in [2.24, 2.45) is 0 Å². The molecule has 1 N–H and O–H groups in total. The highest BCUT2D eigenvalue weighted by Gasteiger charge is 2.47. The van der Waals surface area contributed by atoms with Crippen LogP contribution in [0.3, 0.4) is 0 Å². The van der Waals surface area contributed by atoms with Crippen molar-refractivity contribution in [1.29, 1.82) is 0 Å². The number of hydrogen-bond acceptors (Lipinski definition) is 3. The maximum Gasteiger partial charge on any atom is 0.195 e. The van der Waals surface area contributed by atoms with Crippen LogP contribution in [0.5, 0.6) is 0 Å². The fourth-order valence-corrected chi connectivity index (χ4v) is 3.27. The van der Waals surface area contributed by atoms with E-state index >= 15 is 0 Å². The van der Waals surface area contributed by atoms with E-state index in [4.69, 9.17) is 0 Å². The van der Waals surface area contributed by atoms with Crippen molar-refractivity contribution < 1.29 is 9.90 Å². The van der Waals surface area contributed by atoms with Crippen LogP contribution in [0.1, 0.15) is 28.3 Å². The van der Waals surface area contributed by atoms with Crippen molar-refractivity contribution in [3.05, 3.63) is 71.8 Å². The summed E-state index contributed by atoms with van der Waals surface area (Å²) in [6, 6.07) is 19.0. The van der Waals surface area contributed by atoms with Crippen molar-refractivity contribution in [2.75, 3.05) is 20.1 Å². The maximum absolute atomic E-state index is 12.9. The number of Topliss-reactive ketones (excluding diaryl/α,β-unsaturated/α-hetero) is 1. The highest BCUT2D eigenvalue weighted by Crippen LogP contribution is 2.37. The minimum Gasteiger partial charge on any atom is -0.381 e. The van der Waals surface area contributed by atoms with Crippen LogP contribution >= 0.6 is 0 Å². The number of rotatable bonds is 3. The van der Waals surface area contributed by atoms with Gasteiger partial charge in [0.1, 0.15) is 5.60 Å². The Labute approximate surface area is 131 Å². The van der Waals surface area contributed by atoms with E-state index in [1.807, 2.05) is 55.6 Å². The fraction of sp³-hybridized carbons (Fsp3) is 0.316. The van der Waals surface area contributed by atoms with Gasteiger partial charge in [0.15, 0.2) is 5.78 Å². The Bertz CT molecular complexity index is 641. The molecule has 0 aliphatic carbocycles. The minimum absolute atomic E-state index is 0.171. The molecular weight excluding hydrogens is 274 g/mol. The highest BCUT2D eigenvalue weighted by atomic mass is 16.3. The zero-order valence-electron chi connectivity index (χ0n) is 12.8. The standard InChI is InChI=1S/C19H21NO2/c1-20-13-12-19(22,18(21)16-10-6-3-7-11-16)17(14-20)15-8-4-2-5-9-15/h2-11,17,22H,12-14H2,1H3. The van der Waals surface area contributed by atoms with E-state index in [-0.39, 0.29) is 11.7 Å². The lowest BCUT2D eigenvalue weighted by Crippen LogP contribution is -2.54. The van der Waals surface area contributed by atoms with Gasteiger partial charge in [0.25, 0.3) is 0 Å². The molecule has 0 amide bonds. The van der Waals surface area contributed by atoms with Gasteiger partial charge < -0.3 is 10.0 Å². The number of piperidine rings is 1. The summed E-state index contributed by atoms with van der Waals surface area (Å²) < 4.78 is 0. The van der Waals surface area contributed by atoms with Gasteiger partial charge in [-0.3, -0.25) is 4.79 Å². The first-order valence-electron chi connectivity index (χ1n) is 7.67. The Hall–Kier alpha value is -1.97. The lowest BCUT2D eigenvalue weighted by Gasteiger charge is -2.42. The van der Waals surface area contributed by atoms with E-state index in [1.54, 1.807) is 12.1 Å². The van der Waals surface area contributed by atoms with Crippen molar-refractivity contribution >= 4 is 5.78 Å². The van der Waals surface area contributed by atoms with E-state index in [9.17, 15) is 9.90 Å². The van der Waals surface area contributed by atoms with Crippen molar-refractivity contribution in [1.82, 2.24) is 4.90 Å². The summed E-state index contributed by atoms with van der Waals surface area (Å²) in [5.74, 6) is -0.379. The van der Waals surface area contributed by atoms with Crippen LogP contribution in [0, 0.1) is 0 Å². The molecule has 0 radical (unpaired) electrons. The van der Waals surface area contributed by atoms with Crippen LogP contribution in [0.4, 0.5) is 0 Å². The molecule has 3 heteroatoms. The average Bonchev–Trinajstić information content (AvgIpc) is 2.58. The molecule has 1 aliphatic heterocycles. The van der Waals surface area contributed by atoms with Gasteiger partial charge in [-0.25, -0.2) is 0 Å². The van der Waals surface area contributed by atoms with Gasteiger partial charge >= 0.3 is 0 Å². The highest BCUT2D eigenvalue weighted by molar-refractivity contribution is 6.03. The Morgan fingerprint density at radius 1 is 1.09 bits per heavy atom. The third-order valence-corrected chi connectivity index (χ3v) is 4.58. The number of benzene rings is 2. The van der Waals surface area contributed by atoms with Gasteiger partial charge in [0.05, 0.1) is 0 Å². The third kappa shape index (κ3) is 2.70. The van der Waals surface area contributed by atoms with E-state index < -0.39 is 5.60 Å². The molecule has 2 unspecified atom stereocenters. The number of likely N-dealkylation sites (N-methyl/N-ethyl adjacent to an activating group) is 1. The molecule has 3 nitrogen and oxygen atoms in total.